The molecule has 0 unspecified atom stereocenters. The standard InChI is InChI=1S/C13H19F/c1-12(2,3)10-13(4,14)11-8-6-5-7-9-11/h5-9H,10H2,1-4H3/t13-/m0/s1/i1D3,10D2. The third-order valence-corrected chi connectivity index (χ3v) is 1.86. The molecule has 0 N–H and O–H groups in total. The first-order valence-electron chi connectivity index (χ1n) is 7.10. The number of hydrogen-bond acceptors (Lipinski definition) is 0. The van der Waals surface area contributed by atoms with Gasteiger partial charge in [-0.1, -0.05) is 51.0 Å². The van der Waals surface area contributed by atoms with E-state index in [4.69, 9.17) is 6.85 Å². The Morgan fingerprint density at radius 1 is 1.29 bits per heavy atom. The summed E-state index contributed by atoms with van der Waals surface area (Å²) in [7, 11) is 0. The molecule has 0 aliphatic rings. The van der Waals surface area contributed by atoms with Crippen molar-refractivity contribution < 1.29 is 11.2 Å². The van der Waals surface area contributed by atoms with E-state index in [1.165, 1.54) is 26.0 Å². The third-order valence-electron chi connectivity index (χ3n) is 1.86. The predicted octanol–water partition coefficient (Wildman–Crippen LogP) is 4.31. The second-order valence-electron chi connectivity index (χ2n) is 4.12. The molecule has 0 spiro atoms. The summed E-state index contributed by atoms with van der Waals surface area (Å²) in [5, 5.41) is 0. The molecular formula is C13H19F. The van der Waals surface area contributed by atoms with Crippen LogP contribution in [-0.2, 0) is 5.67 Å². The van der Waals surface area contributed by atoms with Crippen LogP contribution in [0.2, 0.25) is 0 Å². The second kappa shape index (κ2) is 3.72. The number of rotatable bonds is 2. The molecule has 1 aromatic carbocycles. The van der Waals surface area contributed by atoms with Crippen LogP contribution in [0, 0.1) is 5.41 Å². The van der Waals surface area contributed by atoms with Crippen LogP contribution >= 0.6 is 0 Å². The van der Waals surface area contributed by atoms with Crippen molar-refractivity contribution in [3.05, 3.63) is 35.9 Å². The fourth-order valence-electron chi connectivity index (χ4n) is 1.41. The molecule has 0 aromatic heterocycles. The number of benzene rings is 1. The van der Waals surface area contributed by atoms with Gasteiger partial charge in [0.1, 0.15) is 5.67 Å². The van der Waals surface area contributed by atoms with E-state index < -0.39 is 24.3 Å². The summed E-state index contributed by atoms with van der Waals surface area (Å²) in [5.74, 6) is 0. The van der Waals surface area contributed by atoms with Crippen molar-refractivity contribution in [1.82, 2.24) is 0 Å². The summed E-state index contributed by atoms with van der Waals surface area (Å²) >= 11 is 0. The molecule has 14 heavy (non-hydrogen) atoms. The van der Waals surface area contributed by atoms with Crippen molar-refractivity contribution in [2.75, 3.05) is 0 Å². The maximum atomic E-state index is 15.0. The Morgan fingerprint density at radius 2 is 1.86 bits per heavy atom. The molecule has 0 bridgehead atoms. The van der Waals surface area contributed by atoms with Gasteiger partial charge in [-0.05, 0) is 24.3 Å². The molecule has 0 heterocycles. The van der Waals surface area contributed by atoms with Gasteiger partial charge in [0.15, 0.2) is 0 Å². The Hall–Kier alpha value is -0.850. The Labute approximate surface area is 93.2 Å². The predicted molar refractivity (Wildman–Crippen MR) is 59.0 cm³/mol. The molecule has 1 aromatic rings. The zero-order chi connectivity index (χ0) is 15.1. The van der Waals surface area contributed by atoms with Gasteiger partial charge < -0.3 is 0 Å². The first-order valence-corrected chi connectivity index (χ1v) is 4.60. The Balaban J connectivity index is 3.34. The molecule has 78 valence electrons. The maximum absolute atomic E-state index is 15.0. The summed E-state index contributed by atoms with van der Waals surface area (Å²) in [4.78, 5) is 0. The summed E-state index contributed by atoms with van der Waals surface area (Å²) in [5.41, 5.74) is -4.08. The molecule has 0 aliphatic carbocycles. The van der Waals surface area contributed by atoms with Crippen molar-refractivity contribution in [3.63, 3.8) is 0 Å². The van der Waals surface area contributed by atoms with E-state index in [1.54, 1.807) is 18.2 Å². The monoisotopic (exact) mass is 199 g/mol. The fraction of sp³-hybridized carbons (Fsp3) is 0.538. The van der Waals surface area contributed by atoms with Gasteiger partial charge in [0, 0.05) is 6.85 Å². The van der Waals surface area contributed by atoms with Crippen molar-refractivity contribution in [3.8, 4) is 0 Å². The van der Waals surface area contributed by atoms with Crippen LogP contribution in [0.3, 0.4) is 0 Å². The van der Waals surface area contributed by atoms with E-state index >= 15 is 4.39 Å². The largest absolute Gasteiger partial charge is 0.239 e. The van der Waals surface area contributed by atoms with E-state index in [2.05, 4.69) is 0 Å². The molecule has 1 rings (SSSR count). The molecule has 0 amide bonds. The molecule has 0 radical (unpaired) electrons. The molecule has 1 atom stereocenters. The smallest absolute Gasteiger partial charge is 0.133 e. The molecule has 0 nitrogen and oxygen atoms in total. The second-order valence-corrected chi connectivity index (χ2v) is 4.12. The van der Waals surface area contributed by atoms with Gasteiger partial charge in [0.05, 0.1) is 0 Å². The van der Waals surface area contributed by atoms with E-state index in [1.807, 2.05) is 0 Å². The quantitative estimate of drug-likeness (QED) is 0.666. The molecular weight excluding hydrogens is 175 g/mol. The number of hydrogen-bond donors (Lipinski definition) is 0. The lowest BCUT2D eigenvalue weighted by molar-refractivity contribution is 0.118. The van der Waals surface area contributed by atoms with Crippen LogP contribution in [0.5, 0.6) is 0 Å². The van der Waals surface area contributed by atoms with Gasteiger partial charge in [0.2, 0.25) is 0 Å². The van der Waals surface area contributed by atoms with E-state index in [9.17, 15) is 0 Å². The SMILES string of the molecule is [2H]C([2H])([2H])C(C)(C)C([2H])([2H])[C@](C)(F)c1ccccc1. The van der Waals surface area contributed by atoms with Gasteiger partial charge in [-0.15, -0.1) is 0 Å². The highest BCUT2D eigenvalue weighted by Crippen LogP contribution is 2.37. The number of halogens is 1. The lowest BCUT2D eigenvalue weighted by Gasteiger charge is -2.29. The minimum Gasteiger partial charge on any atom is -0.239 e. The highest BCUT2D eigenvalue weighted by Gasteiger charge is 2.31. The van der Waals surface area contributed by atoms with Crippen LogP contribution in [0.1, 0.15) is 46.4 Å². The Kier molecular flexibility index (Phi) is 1.57. The van der Waals surface area contributed by atoms with Gasteiger partial charge in [-0.3, -0.25) is 0 Å². The van der Waals surface area contributed by atoms with E-state index in [-0.39, 0.29) is 5.56 Å². The minimum absolute atomic E-state index is 0.136. The van der Waals surface area contributed by atoms with Gasteiger partial charge >= 0.3 is 0 Å². The third kappa shape index (κ3) is 3.13. The van der Waals surface area contributed by atoms with Crippen LogP contribution < -0.4 is 0 Å². The lowest BCUT2D eigenvalue weighted by Crippen LogP contribution is -2.23. The summed E-state index contributed by atoms with van der Waals surface area (Å²) < 4.78 is 53.5. The molecule has 0 saturated carbocycles. The van der Waals surface area contributed by atoms with Gasteiger partial charge in [-0.2, -0.15) is 0 Å². The highest BCUT2D eigenvalue weighted by atomic mass is 19.1. The maximum Gasteiger partial charge on any atom is 0.133 e. The van der Waals surface area contributed by atoms with Crippen molar-refractivity contribution in [2.45, 2.75) is 39.7 Å². The Morgan fingerprint density at radius 3 is 2.36 bits per heavy atom. The topological polar surface area (TPSA) is 0 Å². The van der Waals surface area contributed by atoms with Gasteiger partial charge in [0.25, 0.3) is 0 Å². The average Bonchev–Trinajstić information content (AvgIpc) is 2.28. The first kappa shape index (κ1) is 5.89. The Bertz CT molecular complexity index is 434. The highest BCUT2D eigenvalue weighted by molar-refractivity contribution is 5.21. The minimum atomic E-state index is -2.60. The molecule has 0 fully saturated rings. The zero-order valence-corrected chi connectivity index (χ0v) is 8.76. The fourth-order valence-corrected chi connectivity index (χ4v) is 1.41. The van der Waals surface area contributed by atoms with Crippen molar-refractivity contribution in [2.24, 2.45) is 5.41 Å². The van der Waals surface area contributed by atoms with Crippen LogP contribution in [0.25, 0.3) is 0 Å². The van der Waals surface area contributed by atoms with Crippen molar-refractivity contribution in [1.29, 1.82) is 0 Å². The lowest BCUT2D eigenvalue weighted by atomic mass is 9.80. The average molecular weight is 199 g/mol. The van der Waals surface area contributed by atoms with Gasteiger partial charge in [-0.25, -0.2) is 4.39 Å². The summed E-state index contributed by atoms with van der Waals surface area (Å²) in [6.45, 7) is 0.968. The number of alkyl halides is 1. The van der Waals surface area contributed by atoms with E-state index in [0.717, 1.165) is 6.92 Å². The molecule has 0 aliphatic heterocycles. The molecule has 0 saturated heterocycles. The van der Waals surface area contributed by atoms with Crippen molar-refractivity contribution >= 4 is 0 Å². The zero-order valence-electron chi connectivity index (χ0n) is 13.8. The van der Waals surface area contributed by atoms with E-state index in [0.29, 0.717) is 0 Å². The summed E-state index contributed by atoms with van der Waals surface area (Å²) in [6.07, 6.45) is -2.55. The van der Waals surface area contributed by atoms with Crippen LogP contribution in [-0.4, -0.2) is 0 Å². The summed E-state index contributed by atoms with van der Waals surface area (Å²) in [6, 6.07) is 7.84. The van der Waals surface area contributed by atoms with Crippen LogP contribution in [0.4, 0.5) is 4.39 Å². The first-order chi connectivity index (χ1) is 8.36. The normalized spacial score (nSPS) is 23.6. The van der Waals surface area contributed by atoms with Crippen LogP contribution in [0.15, 0.2) is 30.3 Å². The molecule has 1 heteroatoms.